The molecule has 0 bridgehead atoms. The summed E-state index contributed by atoms with van der Waals surface area (Å²) < 4.78 is 0. The molecule has 2 fully saturated rings. The van der Waals surface area contributed by atoms with Crippen molar-refractivity contribution >= 4 is 17.6 Å². The number of anilines is 1. The number of amides is 1. The van der Waals surface area contributed by atoms with Crippen LogP contribution >= 0.6 is 0 Å². The van der Waals surface area contributed by atoms with Crippen molar-refractivity contribution in [2.75, 3.05) is 18.4 Å². The molecule has 2 aliphatic rings. The van der Waals surface area contributed by atoms with Crippen molar-refractivity contribution in [3.05, 3.63) is 29.8 Å². The fraction of sp³-hybridized carbons (Fsp3) is 0.467. The summed E-state index contributed by atoms with van der Waals surface area (Å²) in [5.74, 6) is -0.880. The lowest BCUT2D eigenvalue weighted by molar-refractivity contribution is -0.118. The van der Waals surface area contributed by atoms with Crippen LogP contribution in [0, 0.1) is 11.3 Å². The SMILES string of the molecule is O=C(O)c1cccc(NC(=O)C2CC23CCNCC3)c1. The van der Waals surface area contributed by atoms with Crippen LogP contribution in [-0.2, 0) is 4.79 Å². The number of piperidine rings is 1. The number of carboxylic acid groups (broad SMARTS) is 1. The lowest BCUT2D eigenvalue weighted by Crippen LogP contribution is -2.31. The first-order valence-electron chi connectivity index (χ1n) is 6.96. The standard InChI is InChI=1S/C15H18N2O3/c18-13(12-9-15(12)4-6-16-7-5-15)17-11-3-1-2-10(8-11)14(19)20/h1-3,8,12,16H,4-7,9H2,(H,17,18)(H,19,20). The molecule has 0 aromatic heterocycles. The van der Waals surface area contributed by atoms with E-state index in [0.717, 1.165) is 32.4 Å². The maximum Gasteiger partial charge on any atom is 0.335 e. The molecule has 1 aliphatic heterocycles. The van der Waals surface area contributed by atoms with Crippen molar-refractivity contribution < 1.29 is 14.7 Å². The van der Waals surface area contributed by atoms with Crippen LogP contribution in [0.2, 0.25) is 0 Å². The Morgan fingerprint density at radius 1 is 1.30 bits per heavy atom. The first-order valence-corrected chi connectivity index (χ1v) is 6.96. The van der Waals surface area contributed by atoms with E-state index in [4.69, 9.17) is 5.11 Å². The van der Waals surface area contributed by atoms with E-state index in [2.05, 4.69) is 10.6 Å². The Morgan fingerprint density at radius 3 is 2.75 bits per heavy atom. The molecule has 1 aromatic rings. The zero-order valence-corrected chi connectivity index (χ0v) is 11.2. The molecule has 0 radical (unpaired) electrons. The van der Waals surface area contributed by atoms with Crippen molar-refractivity contribution in [2.45, 2.75) is 19.3 Å². The number of benzene rings is 1. The molecular weight excluding hydrogens is 256 g/mol. The van der Waals surface area contributed by atoms with E-state index in [1.54, 1.807) is 12.1 Å². The van der Waals surface area contributed by atoms with Crippen LogP contribution in [0.5, 0.6) is 0 Å². The predicted octanol–water partition coefficient (Wildman–Crippen LogP) is 1.71. The Labute approximate surface area is 117 Å². The Hall–Kier alpha value is -1.88. The summed E-state index contributed by atoms with van der Waals surface area (Å²) in [5.41, 5.74) is 0.945. The number of carbonyl (C=O) groups excluding carboxylic acids is 1. The molecule has 1 atom stereocenters. The van der Waals surface area contributed by atoms with Gasteiger partial charge >= 0.3 is 5.97 Å². The molecule has 1 amide bonds. The van der Waals surface area contributed by atoms with Crippen molar-refractivity contribution in [3.8, 4) is 0 Å². The second-order valence-corrected chi connectivity index (χ2v) is 5.74. The van der Waals surface area contributed by atoms with Crippen LogP contribution in [0.15, 0.2) is 24.3 Å². The zero-order chi connectivity index (χ0) is 14.2. The Balaban J connectivity index is 1.65. The van der Waals surface area contributed by atoms with Gasteiger partial charge in [0.2, 0.25) is 5.91 Å². The van der Waals surface area contributed by atoms with Gasteiger partial charge in [0.15, 0.2) is 0 Å². The van der Waals surface area contributed by atoms with E-state index < -0.39 is 5.97 Å². The highest BCUT2D eigenvalue weighted by Gasteiger charge is 2.57. The van der Waals surface area contributed by atoms with Crippen LogP contribution in [0.25, 0.3) is 0 Å². The number of rotatable bonds is 3. The summed E-state index contributed by atoms with van der Waals surface area (Å²) in [5, 5.41) is 15.1. The van der Waals surface area contributed by atoms with E-state index in [9.17, 15) is 9.59 Å². The summed E-state index contributed by atoms with van der Waals surface area (Å²) in [7, 11) is 0. The van der Waals surface area contributed by atoms with E-state index >= 15 is 0 Å². The van der Waals surface area contributed by atoms with Crippen LogP contribution in [0.1, 0.15) is 29.6 Å². The molecule has 20 heavy (non-hydrogen) atoms. The lowest BCUT2D eigenvalue weighted by Gasteiger charge is -2.23. The van der Waals surface area contributed by atoms with Gasteiger partial charge in [-0.25, -0.2) is 4.79 Å². The number of aromatic carboxylic acids is 1. The number of nitrogens with one attached hydrogen (secondary N) is 2. The molecule has 1 unspecified atom stereocenters. The van der Waals surface area contributed by atoms with Gasteiger partial charge in [0.25, 0.3) is 0 Å². The van der Waals surface area contributed by atoms with Gasteiger partial charge in [-0.05, 0) is 56.0 Å². The molecule has 3 N–H and O–H groups in total. The van der Waals surface area contributed by atoms with Crippen LogP contribution < -0.4 is 10.6 Å². The van der Waals surface area contributed by atoms with Gasteiger partial charge in [0.05, 0.1) is 5.56 Å². The van der Waals surface area contributed by atoms with Gasteiger partial charge in [-0.3, -0.25) is 4.79 Å². The minimum Gasteiger partial charge on any atom is -0.478 e. The topological polar surface area (TPSA) is 78.4 Å². The predicted molar refractivity (Wildman–Crippen MR) is 74.7 cm³/mol. The number of hydrogen-bond acceptors (Lipinski definition) is 3. The summed E-state index contributed by atoms with van der Waals surface area (Å²) in [4.78, 5) is 23.2. The zero-order valence-electron chi connectivity index (χ0n) is 11.2. The fourth-order valence-electron chi connectivity index (χ4n) is 3.16. The minimum absolute atomic E-state index is 0.0226. The second-order valence-electron chi connectivity index (χ2n) is 5.74. The van der Waals surface area contributed by atoms with E-state index in [-0.39, 0.29) is 22.8 Å². The number of carbonyl (C=O) groups is 2. The Kier molecular flexibility index (Phi) is 3.22. The summed E-state index contributed by atoms with van der Waals surface area (Å²) >= 11 is 0. The van der Waals surface area contributed by atoms with Gasteiger partial charge in [0.1, 0.15) is 0 Å². The third-order valence-electron chi connectivity index (χ3n) is 4.48. The van der Waals surface area contributed by atoms with Gasteiger partial charge in [-0.15, -0.1) is 0 Å². The highest BCUT2D eigenvalue weighted by Crippen LogP contribution is 2.58. The van der Waals surface area contributed by atoms with Crippen LogP contribution in [0.3, 0.4) is 0 Å². The maximum atomic E-state index is 12.3. The molecule has 106 valence electrons. The molecule has 1 aromatic carbocycles. The maximum absolute atomic E-state index is 12.3. The van der Waals surface area contributed by atoms with Crippen molar-refractivity contribution in [1.29, 1.82) is 0 Å². The largest absolute Gasteiger partial charge is 0.478 e. The van der Waals surface area contributed by atoms with Crippen LogP contribution in [0.4, 0.5) is 5.69 Å². The smallest absolute Gasteiger partial charge is 0.335 e. The van der Waals surface area contributed by atoms with Gasteiger partial charge in [-0.1, -0.05) is 6.07 Å². The minimum atomic E-state index is -0.984. The molecule has 5 nitrogen and oxygen atoms in total. The summed E-state index contributed by atoms with van der Waals surface area (Å²) in [6.07, 6.45) is 3.07. The van der Waals surface area contributed by atoms with E-state index in [1.165, 1.54) is 12.1 Å². The molecular formula is C15H18N2O3. The molecule has 3 rings (SSSR count). The third-order valence-corrected chi connectivity index (χ3v) is 4.48. The molecule has 1 saturated carbocycles. The number of hydrogen-bond donors (Lipinski definition) is 3. The number of carboxylic acids is 1. The van der Waals surface area contributed by atoms with E-state index in [1.807, 2.05) is 0 Å². The normalized spacial score (nSPS) is 23.3. The lowest BCUT2D eigenvalue weighted by atomic mass is 9.92. The highest BCUT2D eigenvalue weighted by molar-refractivity contribution is 5.96. The molecule has 1 aliphatic carbocycles. The van der Waals surface area contributed by atoms with Gasteiger partial charge in [0, 0.05) is 11.6 Å². The first-order chi connectivity index (χ1) is 9.61. The van der Waals surface area contributed by atoms with E-state index in [0.29, 0.717) is 5.69 Å². The average Bonchev–Trinajstić information content (AvgIpc) is 3.13. The summed E-state index contributed by atoms with van der Waals surface area (Å²) in [6, 6.07) is 6.38. The van der Waals surface area contributed by atoms with Gasteiger partial charge in [-0.2, -0.15) is 0 Å². The Morgan fingerprint density at radius 2 is 2.05 bits per heavy atom. The quantitative estimate of drug-likeness (QED) is 0.784. The van der Waals surface area contributed by atoms with Crippen molar-refractivity contribution in [2.24, 2.45) is 11.3 Å². The molecule has 5 heteroatoms. The molecule has 1 saturated heterocycles. The van der Waals surface area contributed by atoms with Crippen molar-refractivity contribution in [3.63, 3.8) is 0 Å². The highest BCUT2D eigenvalue weighted by atomic mass is 16.4. The first kappa shape index (κ1) is 13.1. The molecule has 1 spiro atoms. The monoisotopic (exact) mass is 274 g/mol. The van der Waals surface area contributed by atoms with Crippen LogP contribution in [-0.4, -0.2) is 30.1 Å². The average molecular weight is 274 g/mol. The van der Waals surface area contributed by atoms with Crippen molar-refractivity contribution in [1.82, 2.24) is 5.32 Å². The third kappa shape index (κ3) is 2.41. The second kappa shape index (κ2) is 4.90. The molecule has 1 heterocycles. The Bertz CT molecular complexity index is 550. The fourth-order valence-corrected chi connectivity index (χ4v) is 3.16. The van der Waals surface area contributed by atoms with Gasteiger partial charge < -0.3 is 15.7 Å². The summed E-state index contributed by atoms with van der Waals surface area (Å²) in [6.45, 7) is 1.97.